The van der Waals surface area contributed by atoms with Crippen molar-refractivity contribution in [2.45, 2.75) is 25.7 Å². The number of methoxy groups -OCH3 is 1. The fraction of sp³-hybridized carbons (Fsp3) is 0.361. The van der Waals surface area contributed by atoms with Crippen LogP contribution in [0.15, 0.2) is 72.9 Å². The molecule has 0 bridgehead atoms. The maximum Gasteiger partial charge on any atom is 0.240 e. The van der Waals surface area contributed by atoms with Crippen LogP contribution in [0.3, 0.4) is 0 Å². The van der Waals surface area contributed by atoms with Gasteiger partial charge in [-0.15, -0.1) is 0 Å². The van der Waals surface area contributed by atoms with Crippen LogP contribution in [0.4, 0.5) is 15.8 Å². The molecule has 50 heavy (non-hydrogen) atoms. The van der Waals surface area contributed by atoms with E-state index in [4.69, 9.17) is 14.2 Å². The van der Waals surface area contributed by atoms with Crippen molar-refractivity contribution in [3.8, 4) is 23.0 Å². The second-order valence-electron chi connectivity index (χ2n) is 12.7. The van der Waals surface area contributed by atoms with Gasteiger partial charge in [0, 0.05) is 36.4 Å². The highest BCUT2D eigenvalue weighted by molar-refractivity contribution is 7.88. The van der Waals surface area contributed by atoms with Crippen LogP contribution in [-0.4, -0.2) is 76.3 Å². The van der Waals surface area contributed by atoms with E-state index in [9.17, 15) is 22.4 Å². The summed E-state index contributed by atoms with van der Waals surface area (Å²) in [5.74, 6) is 1.01. The molecule has 1 aliphatic carbocycles. The van der Waals surface area contributed by atoms with Crippen LogP contribution in [0.1, 0.15) is 25.7 Å². The van der Waals surface area contributed by atoms with Crippen LogP contribution in [0, 0.1) is 17.2 Å². The average Bonchev–Trinajstić information content (AvgIpc) is 3.92. The highest BCUT2D eigenvalue weighted by Crippen LogP contribution is 2.48. The number of benzene rings is 3. The highest BCUT2D eigenvalue weighted by atomic mass is 32.2. The fourth-order valence-electron chi connectivity index (χ4n) is 5.93. The molecule has 2 heterocycles. The van der Waals surface area contributed by atoms with Crippen molar-refractivity contribution < 1.29 is 36.6 Å². The molecule has 0 spiro atoms. The number of ether oxygens (including phenoxy) is 3. The lowest BCUT2D eigenvalue weighted by Crippen LogP contribution is -2.40. The zero-order valence-corrected chi connectivity index (χ0v) is 28.7. The number of nitrogens with zero attached hydrogens (tertiary/aromatic N) is 2. The number of carbonyl (C=O) groups excluding carboxylic acids is 2. The zero-order chi connectivity index (χ0) is 35.3. The number of hydrogen-bond donors (Lipinski definition) is 3. The number of fused-ring (bicyclic) bond motifs is 1. The van der Waals surface area contributed by atoms with E-state index in [1.54, 1.807) is 49.7 Å². The highest BCUT2D eigenvalue weighted by Gasteiger charge is 2.56. The molecule has 1 aromatic heterocycles. The third-order valence-corrected chi connectivity index (χ3v) is 9.77. The lowest BCUT2D eigenvalue weighted by Gasteiger charge is -2.31. The fourth-order valence-corrected chi connectivity index (χ4v) is 6.40. The van der Waals surface area contributed by atoms with Crippen LogP contribution in [0.25, 0.3) is 10.9 Å². The van der Waals surface area contributed by atoms with Gasteiger partial charge in [0.05, 0.1) is 31.2 Å². The van der Waals surface area contributed by atoms with E-state index in [1.165, 1.54) is 24.5 Å². The maximum absolute atomic E-state index is 14.0. The van der Waals surface area contributed by atoms with Gasteiger partial charge in [-0.25, -0.2) is 17.5 Å². The first-order chi connectivity index (χ1) is 24.0. The van der Waals surface area contributed by atoms with E-state index in [0.717, 1.165) is 31.3 Å². The van der Waals surface area contributed by atoms with E-state index in [1.807, 2.05) is 12.1 Å². The number of rotatable bonds is 14. The Morgan fingerprint density at radius 2 is 1.68 bits per heavy atom. The lowest BCUT2D eigenvalue weighted by atomic mass is 9.98. The van der Waals surface area contributed by atoms with Crippen molar-refractivity contribution in [1.82, 2.24) is 14.6 Å². The first kappa shape index (κ1) is 35.1. The molecular formula is C36H40FN5O7S. The molecule has 14 heteroatoms. The first-order valence-corrected chi connectivity index (χ1v) is 18.3. The van der Waals surface area contributed by atoms with Crippen molar-refractivity contribution in [2.75, 3.05) is 56.8 Å². The number of para-hydroxylation sites is 1. The Morgan fingerprint density at radius 1 is 0.960 bits per heavy atom. The monoisotopic (exact) mass is 705 g/mol. The summed E-state index contributed by atoms with van der Waals surface area (Å²) in [6, 6.07) is 18.1. The summed E-state index contributed by atoms with van der Waals surface area (Å²) < 4.78 is 57.3. The molecular weight excluding hydrogens is 665 g/mol. The molecule has 2 amide bonds. The summed E-state index contributed by atoms with van der Waals surface area (Å²) >= 11 is 0. The molecule has 0 radical (unpaired) electrons. The Kier molecular flexibility index (Phi) is 10.5. The van der Waals surface area contributed by atoms with Gasteiger partial charge >= 0.3 is 0 Å². The predicted molar refractivity (Wildman–Crippen MR) is 188 cm³/mol. The minimum Gasteiger partial charge on any atom is -0.493 e. The van der Waals surface area contributed by atoms with Crippen molar-refractivity contribution in [3.63, 3.8) is 0 Å². The van der Waals surface area contributed by atoms with Crippen LogP contribution < -0.4 is 29.6 Å². The van der Waals surface area contributed by atoms with Gasteiger partial charge in [0.2, 0.25) is 21.8 Å². The third kappa shape index (κ3) is 8.49. The second kappa shape index (κ2) is 15.0. The number of sulfonamides is 1. The Hall–Kier alpha value is -4.79. The summed E-state index contributed by atoms with van der Waals surface area (Å²) in [5.41, 5.74) is -0.0488. The molecule has 0 atom stereocenters. The predicted octanol–water partition coefficient (Wildman–Crippen LogP) is 5.17. The van der Waals surface area contributed by atoms with Crippen LogP contribution >= 0.6 is 0 Å². The Bertz CT molecular complexity index is 1960. The quantitative estimate of drug-likeness (QED) is 0.151. The molecule has 12 nitrogen and oxygen atoms in total. The average molecular weight is 706 g/mol. The largest absolute Gasteiger partial charge is 0.493 e. The molecule has 1 saturated heterocycles. The zero-order valence-electron chi connectivity index (χ0n) is 27.9. The Morgan fingerprint density at radius 3 is 2.36 bits per heavy atom. The van der Waals surface area contributed by atoms with Gasteiger partial charge in [-0.2, -0.15) is 0 Å². The number of likely N-dealkylation sites (tertiary alicyclic amines) is 1. The van der Waals surface area contributed by atoms with Gasteiger partial charge in [-0.05, 0) is 93.2 Å². The minimum absolute atomic E-state index is 0.0375. The molecule has 0 unspecified atom stereocenters. The molecule has 3 aromatic carbocycles. The topological polar surface area (TPSA) is 148 Å². The summed E-state index contributed by atoms with van der Waals surface area (Å²) in [6.07, 6.45) is 5.45. The number of nitrogens with one attached hydrogen (secondary N) is 3. The Balaban J connectivity index is 1.05. The molecule has 2 aliphatic rings. The van der Waals surface area contributed by atoms with Gasteiger partial charge < -0.3 is 29.7 Å². The summed E-state index contributed by atoms with van der Waals surface area (Å²) in [5, 5.41) is 6.07. The van der Waals surface area contributed by atoms with Gasteiger partial charge in [-0.3, -0.25) is 14.6 Å². The molecule has 6 rings (SSSR count). The number of amides is 2. The molecule has 1 saturated carbocycles. The number of hydrogen-bond acceptors (Lipinski definition) is 9. The van der Waals surface area contributed by atoms with Crippen molar-refractivity contribution in [3.05, 3.63) is 78.7 Å². The summed E-state index contributed by atoms with van der Waals surface area (Å²) in [6.45, 7) is 3.35. The number of pyridine rings is 1. The van der Waals surface area contributed by atoms with Gasteiger partial charge in [0.1, 0.15) is 22.7 Å². The van der Waals surface area contributed by atoms with Gasteiger partial charge in [0.25, 0.3) is 0 Å². The Labute approximate surface area is 290 Å². The number of piperidine rings is 1. The van der Waals surface area contributed by atoms with Gasteiger partial charge in [0.15, 0.2) is 11.5 Å². The number of anilines is 2. The molecule has 2 fully saturated rings. The molecule has 4 aromatic rings. The van der Waals surface area contributed by atoms with E-state index >= 15 is 0 Å². The first-order valence-electron chi connectivity index (χ1n) is 16.4. The maximum atomic E-state index is 14.0. The molecule has 1 aliphatic heterocycles. The number of aromatic nitrogens is 1. The van der Waals surface area contributed by atoms with E-state index in [-0.39, 0.29) is 5.69 Å². The van der Waals surface area contributed by atoms with E-state index < -0.39 is 33.1 Å². The second-order valence-corrected chi connectivity index (χ2v) is 14.5. The van der Waals surface area contributed by atoms with Crippen molar-refractivity contribution in [2.24, 2.45) is 11.3 Å². The molecule has 264 valence electrons. The van der Waals surface area contributed by atoms with Gasteiger partial charge in [-0.1, -0.05) is 12.1 Å². The van der Waals surface area contributed by atoms with E-state index in [2.05, 4.69) is 25.2 Å². The van der Waals surface area contributed by atoms with Crippen LogP contribution in [0.2, 0.25) is 0 Å². The van der Waals surface area contributed by atoms with Crippen molar-refractivity contribution in [1.29, 1.82) is 0 Å². The lowest BCUT2D eigenvalue weighted by molar-refractivity contribution is -0.131. The molecule has 3 N–H and O–H groups in total. The third-order valence-electron chi connectivity index (χ3n) is 9.04. The minimum atomic E-state index is -3.19. The standard InChI is InChI=1S/C36H40FN5O7S/c1-47-32-21-27-30(22-33(32)48-23-24-12-18-42(19-13-24)20-17-39-50(2,45)46)38-16-11-31(27)49-26-9-7-25(8-10-26)40-34(43)36(14-15-36)35(44)41-29-6-4-3-5-28(29)37/h3-11,16,21-22,24,39H,12-15,17-20,23H2,1-2H3,(H,40,43)(H,41,44). The SMILES string of the molecule is COc1cc2c(Oc3ccc(NC(=O)C4(C(=O)Nc5ccccc5F)CC4)cc3)ccnc2cc1OCC1CCN(CCNS(C)(=O)=O)CC1. The summed E-state index contributed by atoms with van der Waals surface area (Å²) in [4.78, 5) is 32.7. The van der Waals surface area contributed by atoms with E-state index in [0.29, 0.717) is 72.7 Å². The number of halogens is 1. The smallest absolute Gasteiger partial charge is 0.240 e. The van der Waals surface area contributed by atoms with Crippen molar-refractivity contribution >= 4 is 44.1 Å². The number of carbonyl (C=O) groups is 2. The summed E-state index contributed by atoms with van der Waals surface area (Å²) in [7, 11) is -1.61. The normalized spacial score (nSPS) is 16.1. The van der Waals surface area contributed by atoms with Crippen LogP contribution in [0.5, 0.6) is 23.0 Å². The van der Waals surface area contributed by atoms with Crippen LogP contribution in [-0.2, 0) is 19.6 Å².